The van der Waals surface area contributed by atoms with Gasteiger partial charge in [-0.05, 0) is 25.0 Å². The minimum absolute atomic E-state index is 0.482. The van der Waals surface area contributed by atoms with Gasteiger partial charge in [-0.3, -0.25) is 0 Å². The summed E-state index contributed by atoms with van der Waals surface area (Å²) in [6, 6.07) is 6.13. The number of ether oxygens (including phenoxy) is 1. The van der Waals surface area contributed by atoms with Crippen LogP contribution in [-0.4, -0.2) is 22.1 Å². The van der Waals surface area contributed by atoms with Gasteiger partial charge in [-0.15, -0.1) is 0 Å². The number of nitrogen functional groups attached to an aromatic ring is 1. The van der Waals surface area contributed by atoms with Crippen molar-refractivity contribution in [2.75, 3.05) is 12.8 Å². The lowest BCUT2D eigenvalue weighted by Gasteiger charge is -2.08. The summed E-state index contributed by atoms with van der Waals surface area (Å²) in [6.07, 6.45) is 4.10. The van der Waals surface area contributed by atoms with Crippen molar-refractivity contribution in [2.45, 2.75) is 18.9 Å². The van der Waals surface area contributed by atoms with Gasteiger partial charge < -0.3 is 10.5 Å². The molecule has 2 N–H and O–H groups in total. The largest absolute Gasteiger partial charge is 0.494 e. The summed E-state index contributed by atoms with van der Waals surface area (Å²) >= 11 is 0. The first kappa shape index (κ1) is 10.1. The molecule has 1 heterocycles. The highest BCUT2D eigenvalue weighted by Gasteiger charge is 2.26. The van der Waals surface area contributed by atoms with Crippen molar-refractivity contribution in [3.05, 3.63) is 24.4 Å². The lowest BCUT2D eigenvalue weighted by molar-refractivity contribution is 0.418. The monoisotopic (exact) mass is 230 g/mol. The Morgan fingerprint density at radius 2 is 2.24 bits per heavy atom. The predicted molar refractivity (Wildman–Crippen MR) is 64.7 cm³/mol. The van der Waals surface area contributed by atoms with Crippen LogP contribution in [0.25, 0.3) is 11.3 Å². The van der Waals surface area contributed by atoms with E-state index in [1.807, 2.05) is 18.2 Å². The predicted octanol–water partition coefficient (Wildman–Crippen LogP) is 1.87. The fourth-order valence-corrected chi connectivity index (χ4v) is 1.87. The zero-order valence-corrected chi connectivity index (χ0v) is 9.63. The second kappa shape index (κ2) is 3.76. The molecule has 0 spiro atoms. The smallest absolute Gasteiger partial charge is 0.151 e. The normalized spacial score (nSPS) is 14.9. The molecule has 1 aliphatic carbocycles. The van der Waals surface area contributed by atoms with Crippen molar-refractivity contribution in [3.8, 4) is 17.0 Å². The Bertz CT molecular complexity index is 545. The molecule has 5 heteroatoms. The summed E-state index contributed by atoms with van der Waals surface area (Å²) in [4.78, 5) is 1.78. The number of aromatic nitrogens is 3. The maximum absolute atomic E-state index is 5.87. The number of rotatable bonds is 3. The number of hydrogen-bond donors (Lipinski definition) is 1. The first-order chi connectivity index (χ1) is 8.29. The van der Waals surface area contributed by atoms with Crippen molar-refractivity contribution < 1.29 is 4.74 Å². The molecule has 2 aromatic rings. The molecule has 0 amide bonds. The third kappa shape index (κ3) is 1.73. The zero-order chi connectivity index (χ0) is 11.8. The standard InChI is InChI=1S/C12H14N4O/c1-17-12-9(3-2-4-10(12)13)11-7-14-16(15-11)8-5-6-8/h2-4,7-8H,5-6,13H2,1H3. The molecule has 17 heavy (non-hydrogen) atoms. The van der Waals surface area contributed by atoms with Gasteiger partial charge in [0.15, 0.2) is 5.75 Å². The van der Waals surface area contributed by atoms with Gasteiger partial charge in [0, 0.05) is 5.56 Å². The van der Waals surface area contributed by atoms with E-state index in [9.17, 15) is 0 Å². The van der Waals surface area contributed by atoms with Gasteiger partial charge in [0.25, 0.3) is 0 Å². The number of benzene rings is 1. The van der Waals surface area contributed by atoms with E-state index in [0.717, 1.165) is 11.3 Å². The molecule has 1 aromatic heterocycles. The highest BCUT2D eigenvalue weighted by Crippen LogP contribution is 2.36. The molecular weight excluding hydrogens is 216 g/mol. The van der Waals surface area contributed by atoms with Gasteiger partial charge in [0.05, 0.1) is 25.0 Å². The number of methoxy groups -OCH3 is 1. The van der Waals surface area contributed by atoms with E-state index < -0.39 is 0 Å². The molecular formula is C12H14N4O. The van der Waals surface area contributed by atoms with E-state index in [-0.39, 0.29) is 0 Å². The molecule has 88 valence electrons. The summed E-state index contributed by atoms with van der Waals surface area (Å²) in [5.41, 5.74) is 8.18. The molecule has 0 bridgehead atoms. The van der Waals surface area contributed by atoms with Gasteiger partial charge >= 0.3 is 0 Å². The van der Waals surface area contributed by atoms with Crippen LogP contribution in [0.1, 0.15) is 18.9 Å². The third-order valence-electron chi connectivity index (χ3n) is 2.91. The molecule has 1 fully saturated rings. The van der Waals surface area contributed by atoms with Crippen LogP contribution in [0.4, 0.5) is 5.69 Å². The van der Waals surface area contributed by atoms with Gasteiger partial charge in [-0.25, -0.2) is 0 Å². The first-order valence-electron chi connectivity index (χ1n) is 5.64. The highest BCUT2D eigenvalue weighted by atomic mass is 16.5. The fraction of sp³-hybridized carbons (Fsp3) is 0.333. The number of nitrogens with zero attached hydrogens (tertiary/aromatic N) is 3. The van der Waals surface area contributed by atoms with Crippen LogP contribution in [0.2, 0.25) is 0 Å². The topological polar surface area (TPSA) is 66.0 Å². The van der Waals surface area contributed by atoms with E-state index in [0.29, 0.717) is 17.5 Å². The van der Waals surface area contributed by atoms with Crippen LogP contribution in [0.15, 0.2) is 24.4 Å². The van der Waals surface area contributed by atoms with Crippen LogP contribution in [0.3, 0.4) is 0 Å². The van der Waals surface area contributed by atoms with Gasteiger partial charge in [0.2, 0.25) is 0 Å². The van der Waals surface area contributed by atoms with Crippen molar-refractivity contribution in [3.63, 3.8) is 0 Å². The Morgan fingerprint density at radius 1 is 1.41 bits per heavy atom. The summed E-state index contributed by atoms with van der Waals surface area (Å²) in [5, 5.41) is 8.73. The summed E-state index contributed by atoms with van der Waals surface area (Å²) < 4.78 is 5.31. The molecule has 0 radical (unpaired) electrons. The molecule has 3 rings (SSSR count). The Hall–Kier alpha value is -2.04. The third-order valence-corrected chi connectivity index (χ3v) is 2.91. The van der Waals surface area contributed by atoms with Crippen LogP contribution < -0.4 is 10.5 Å². The van der Waals surface area contributed by atoms with E-state index in [1.165, 1.54) is 12.8 Å². The summed E-state index contributed by atoms with van der Waals surface area (Å²) in [6.45, 7) is 0. The van der Waals surface area contributed by atoms with Crippen molar-refractivity contribution in [1.29, 1.82) is 0 Å². The van der Waals surface area contributed by atoms with Gasteiger partial charge in [-0.1, -0.05) is 6.07 Å². The molecule has 0 saturated heterocycles. The average Bonchev–Trinajstić information content (AvgIpc) is 3.07. The number of anilines is 1. The maximum Gasteiger partial charge on any atom is 0.151 e. The molecule has 0 unspecified atom stereocenters. The highest BCUT2D eigenvalue weighted by molar-refractivity contribution is 5.74. The number of hydrogen-bond acceptors (Lipinski definition) is 4. The minimum atomic E-state index is 0.482. The lowest BCUT2D eigenvalue weighted by atomic mass is 10.1. The van der Waals surface area contributed by atoms with E-state index in [4.69, 9.17) is 10.5 Å². The Labute approximate surface area is 99.2 Å². The Balaban J connectivity index is 2.04. The summed E-state index contributed by atoms with van der Waals surface area (Å²) in [7, 11) is 1.61. The van der Waals surface area contributed by atoms with Crippen molar-refractivity contribution in [2.24, 2.45) is 0 Å². The van der Waals surface area contributed by atoms with Crippen LogP contribution in [0, 0.1) is 0 Å². The molecule has 1 aliphatic rings. The fourth-order valence-electron chi connectivity index (χ4n) is 1.87. The van der Waals surface area contributed by atoms with E-state index in [1.54, 1.807) is 18.1 Å². The van der Waals surface area contributed by atoms with Gasteiger partial charge in [-0.2, -0.15) is 15.0 Å². The van der Waals surface area contributed by atoms with E-state index >= 15 is 0 Å². The zero-order valence-electron chi connectivity index (χ0n) is 9.63. The summed E-state index contributed by atoms with van der Waals surface area (Å²) in [5.74, 6) is 0.662. The minimum Gasteiger partial charge on any atom is -0.494 e. The van der Waals surface area contributed by atoms with E-state index in [2.05, 4.69) is 10.2 Å². The Morgan fingerprint density at radius 3 is 2.94 bits per heavy atom. The van der Waals surface area contributed by atoms with Crippen LogP contribution >= 0.6 is 0 Å². The number of nitrogens with two attached hydrogens (primary N) is 1. The maximum atomic E-state index is 5.87. The first-order valence-corrected chi connectivity index (χ1v) is 5.64. The SMILES string of the molecule is COc1c(N)cccc1-c1cnn(C2CC2)n1. The van der Waals surface area contributed by atoms with Gasteiger partial charge in [0.1, 0.15) is 5.69 Å². The van der Waals surface area contributed by atoms with Crippen LogP contribution in [-0.2, 0) is 0 Å². The molecule has 0 atom stereocenters. The van der Waals surface area contributed by atoms with Crippen LogP contribution in [0.5, 0.6) is 5.75 Å². The molecule has 1 aromatic carbocycles. The number of para-hydroxylation sites is 1. The second-order valence-electron chi connectivity index (χ2n) is 4.21. The van der Waals surface area contributed by atoms with Crippen molar-refractivity contribution >= 4 is 5.69 Å². The quantitative estimate of drug-likeness (QED) is 0.817. The lowest BCUT2D eigenvalue weighted by Crippen LogP contribution is -1.99. The van der Waals surface area contributed by atoms with Crippen molar-refractivity contribution in [1.82, 2.24) is 15.0 Å². The second-order valence-corrected chi connectivity index (χ2v) is 4.21. The molecule has 5 nitrogen and oxygen atoms in total. The molecule has 1 saturated carbocycles. The Kier molecular flexibility index (Phi) is 2.24. The average molecular weight is 230 g/mol. The molecule has 0 aliphatic heterocycles.